The maximum Gasteiger partial charge on any atom is 0.323 e. The van der Waals surface area contributed by atoms with E-state index in [1.54, 1.807) is 11.9 Å². The van der Waals surface area contributed by atoms with Crippen LogP contribution in [0.15, 0.2) is 30.6 Å². The monoisotopic (exact) mass is 376 g/mol. The summed E-state index contributed by atoms with van der Waals surface area (Å²) in [5, 5.41) is 13.3. The highest BCUT2D eigenvalue weighted by Crippen LogP contribution is 2.27. The van der Waals surface area contributed by atoms with Gasteiger partial charge >= 0.3 is 6.03 Å². The third-order valence-corrected chi connectivity index (χ3v) is 4.13. The number of ether oxygens (including phenoxy) is 1. The van der Waals surface area contributed by atoms with E-state index in [-0.39, 0.29) is 35.2 Å². The van der Waals surface area contributed by atoms with E-state index in [1.807, 2.05) is 7.05 Å². The number of non-ortho nitro benzene ring substituents is 1. The Bertz CT molecular complexity index is 874. The van der Waals surface area contributed by atoms with Crippen molar-refractivity contribution in [1.29, 1.82) is 0 Å². The molecule has 3 rings (SSSR count). The number of hydrogen-bond acceptors (Lipinski definition) is 7. The number of nitro benzene ring substituents is 1. The molecule has 2 amide bonds. The number of benzene rings is 1. The summed E-state index contributed by atoms with van der Waals surface area (Å²) in [4.78, 5) is 33.6. The normalized spacial score (nSPS) is 14.3. The minimum atomic E-state index is -0.901. The number of hydrogen-bond donors (Lipinski definition) is 1. The zero-order valence-corrected chi connectivity index (χ0v) is 14.6. The lowest BCUT2D eigenvalue weighted by molar-refractivity contribution is -0.385. The molecule has 0 unspecified atom stereocenters. The van der Waals surface area contributed by atoms with Crippen LogP contribution >= 0.6 is 0 Å². The van der Waals surface area contributed by atoms with Gasteiger partial charge in [0.05, 0.1) is 17.0 Å². The second kappa shape index (κ2) is 7.50. The van der Waals surface area contributed by atoms with E-state index in [2.05, 4.69) is 20.2 Å². The number of rotatable bonds is 5. The van der Waals surface area contributed by atoms with Crippen LogP contribution in [0, 0.1) is 15.9 Å². The number of carbonyl (C=O) groups is 1. The Labute approximate surface area is 153 Å². The van der Waals surface area contributed by atoms with Crippen LogP contribution < -0.4 is 10.1 Å². The first-order chi connectivity index (χ1) is 12.8. The third-order valence-electron chi connectivity index (χ3n) is 4.13. The van der Waals surface area contributed by atoms with E-state index in [0.717, 1.165) is 37.6 Å². The van der Waals surface area contributed by atoms with Gasteiger partial charge in [0.1, 0.15) is 12.1 Å². The molecular weight excluding hydrogens is 359 g/mol. The predicted molar refractivity (Wildman–Crippen MR) is 93.2 cm³/mol. The largest absolute Gasteiger partial charge is 0.436 e. The number of nitrogens with one attached hydrogen (secondary N) is 1. The fourth-order valence-electron chi connectivity index (χ4n) is 2.54. The van der Waals surface area contributed by atoms with Gasteiger partial charge in [0.25, 0.3) is 5.69 Å². The third kappa shape index (κ3) is 4.26. The van der Waals surface area contributed by atoms with Crippen molar-refractivity contribution in [2.75, 3.05) is 32.5 Å². The van der Waals surface area contributed by atoms with Crippen LogP contribution in [0.25, 0.3) is 0 Å². The molecule has 0 spiro atoms. The van der Waals surface area contributed by atoms with Gasteiger partial charge < -0.3 is 14.5 Å². The van der Waals surface area contributed by atoms with Crippen LogP contribution in [0.4, 0.5) is 20.7 Å². The van der Waals surface area contributed by atoms with Gasteiger partial charge in [-0.05, 0) is 13.1 Å². The molecular formula is C16H17FN6O4. The van der Waals surface area contributed by atoms with Gasteiger partial charge in [-0.2, -0.15) is 0 Å². The molecule has 0 atom stereocenters. The lowest BCUT2D eigenvalue weighted by Crippen LogP contribution is -2.58. The fraction of sp³-hybridized carbons (Fsp3) is 0.312. The second-order valence-corrected chi connectivity index (χ2v) is 6.13. The van der Waals surface area contributed by atoms with Crippen LogP contribution in [0.3, 0.4) is 0 Å². The second-order valence-electron chi connectivity index (χ2n) is 6.13. The van der Waals surface area contributed by atoms with Crippen LogP contribution in [-0.4, -0.2) is 63.9 Å². The number of likely N-dealkylation sites (N-methyl/N-ethyl adjacent to an activating group) is 2. The molecule has 1 aromatic carbocycles. The van der Waals surface area contributed by atoms with Crippen LogP contribution in [-0.2, 0) is 0 Å². The first kappa shape index (κ1) is 18.5. The van der Waals surface area contributed by atoms with Gasteiger partial charge in [-0.1, -0.05) is 0 Å². The van der Waals surface area contributed by atoms with E-state index in [9.17, 15) is 19.3 Å². The highest BCUT2D eigenvalue weighted by Gasteiger charge is 2.30. The molecule has 1 N–H and O–H groups in total. The van der Waals surface area contributed by atoms with Gasteiger partial charge in [0, 0.05) is 32.3 Å². The SMILES string of the molecule is CN1CC(N(C)C(=O)Nc2cc(Oc3ccc([N+](=O)[O-])cc3F)ncn2)C1. The summed E-state index contributed by atoms with van der Waals surface area (Å²) in [7, 11) is 3.66. The molecule has 1 fully saturated rings. The van der Waals surface area contributed by atoms with Crippen molar-refractivity contribution in [3.63, 3.8) is 0 Å². The van der Waals surface area contributed by atoms with Crippen LogP contribution in [0.5, 0.6) is 11.6 Å². The average molecular weight is 376 g/mol. The first-order valence-corrected chi connectivity index (χ1v) is 7.99. The maximum absolute atomic E-state index is 13.9. The Morgan fingerprint density at radius 2 is 2.15 bits per heavy atom. The topological polar surface area (TPSA) is 114 Å². The molecule has 1 aromatic heterocycles. The number of carbonyl (C=O) groups excluding carboxylic acids is 1. The van der Waals surface area contributed by atoms with E-state index in [4.69, 9.17) is 4.74 Å². The van der Waals surface area contributed by atoms with Crippen molar-refractivity contribution in [3.05, 3.63) is 46.5 Å². The predicted octanol–water partition coefficient (Wildman–Crippen LogP) is 2.09. The van der Waals surface area contributed by atoms with Gasteiger partial charge in [-0.3, -0.25) is 15.4 Å². The van der Waals surface area contributed by atoms with Crippen molar-refractivity contribution >= 4 is 17.5 Å². The van der Waals surface area contributed by atoms with Crippen molar-refractivity contribution < 1.29 is 18.8 Å². The number of halogens is 1. The van der Waals surface area contributed by atoms with Crippen molar-refractivity contribution in [1.82, 2.24) is 19.8 Å². The summed E-state index contributed by atoms with van der Waals surface area (Å²) >= 11 is 0. The number of nitrogens with zero attached hydrogens (tertiary/aromatic N) is 5. The standard InChI is InChI=1S/C16H17FN6O4/c1-21-7-11(8-21)22(2)16(24)20-14-6-15(19-9-18-14)27-13-4-3-10(23(25)26)5-12(13)17/h3-6,9,11H,7-8H2,1-2H3,(H,18,19,20,24). The molecule has 11 heteroatoms. The quantitative estimate of drug-likeness (QED) is 0.628. The van der Waals surface area contributed by atoms with Crippen molar-refractivity contribution in [2.24, 2.45) is 0 Å². The van der Waals surface area contributed by atoms with E-state index in [1.165, 1.54) is 6.07 Å². The van der Waals surface area contributed by atoms with Crippen LogP contribution in [0.2, 0.25) is 0 Å². The smallest absolute Gasteiger partial charge is 0.323 e. The minimum absolute atomic E-state index is 0.0147. The number of aromatic nitrogens is 2. The van der Waals surface area contributed by atoms with E-state index < -0.39 is 10.7 Å². The molecule has 0 bridgehead atoms. The van der Waals surface area contributed by atoms with Crippen molar-refractivity contribution in [3.8, 4) is 11.6 Å². The Balaban J connectivity index is 1.67. The Hall–Kier alpha value is -3.34. The van der Waals surface area contributed by atoms with Gasteiger partial charge in [0.15, 0.2) is 11.6 Å². The lowest BCUT2D eigenvalue weighted by Gasteiger charge is -2.41. The summed E-state index contributed by atoms with van der Waals surface area (Å²) in [6, 6.07) is 4.13. The number of nitro groups is 1. The highest BCUT2D eigenvalue weighted by molar-refractivity contribution is 5.88. The highest BCUT2D eigenvalue weighted by atomic mass is 19.1. The van der Waals surface area contributed by atoms with Crippen molar-refractivity contribution in [2.45, 2.75) is 6.04 Å². The number of amides is 2. The minimum Gasteiger partial charge on any atom is -0.436 e. The van der Waals surface area contributed by atoms with Crippen LogP contribution in [0.1, 0.15) is 0 Å². The van der Waals surface area contributed by atoms with Gasteiger partial charge in [0.2, 0.25) is 5.88 Å². The van der Waals surface area contributed by atoms with Gasteiger partial charge in [-0.15, -0.1) is 0 Å². The van der Waals surface area contributed by atoms with Gasteiger partial charge in [-0.25, -0.2) is 19.2 Å². The lowest BCUT2D eigenvalue weighted by atomic mass is 10.1. The molecule has 0 saturated carbocycles. The number of anilines is 1. The zero-order chi connectivity index (χ0) is 19.6. The zero-order valence-electron chi connectivity index (χ0n) is 14.6. The molecule has 10 nitrogen and oxygen atoms in total. The van der Waals surface area contributed by atoms with E-state index >= 15 is 0 Å². The summed E-state index contributed by atoms with van der Waals surface area (Å²) in [6.07, 6.45) is 1.16. The molecule has 1 aliphatic rings. The number of urea groups is 1. The molecule has 27 heavy (non-hydrogen) atoms. The molecule has 0 radical (unpaired) electrons. The first-order valence-electron chi connectivity index (χ1n) is 7.99. The average Bonchev–Trinajstić information content (AvgIpc) is 2.60. The molecule has 142 valence electrons. The maximum atomic E-state index is 13.9. The Morgan fingerprint density at radius 3 is 2.78 bits per heavy atom. The summed E-state index contributed by atoms with van der Waals surface area (Å²) in [5.74, 6) is -0.959. The molecule has 1 saturated heterocycles. The Kier molecular flexibility index (Phi) is 5.12. The van der Waals surface area contributed by atoms with E-state index in [0.29, 0.717) is 0 Å². The molecule has 0 aliphatic carbocycles. The summed E-state index contributed by atoms with van der Waals surface area (Å²) < 4.78 is 19.2. The fourth-order valence-corrected chi connectivity index (χ4v) is 2.54. The molecule has 1 aliphatic heterocycles. The summed E-state index contributed by atoms with van der Waals surface area (Å²) in [6.45, 7) is 1.59. The summed E-state index contributed by atoms with van der Waals surface area (Å²) in [5.41, 5.74) is -0.389. The number of likely N-dealkylation sites (tertiary alicyclic amines) is 1. The molecule has 2 heterocycles. The molecule has 2 aromatic rings. The Morgan fingerprint density at radius 1 is 1.41 bits per heavy atom.